The van der Waals surface area contributed by atoms with Crippen molar-refractivity contribution >= 4 is 51.0 Å². The Kier molecular flexibility index (Phi) is 6.87. The number of anilines is 1. The number of ether oxygens (including phenoxy) is 2. The predicted octanol–water partition coefficient (Wildman–Crippen LogP) is 2.16. The highest BCUT2D eigenvalue weighted by molar-refractivity contribution is 9.09. The summed E-state index contributed by atoms with van der Waals surface area (Å²) in [5.41, 5.74) is -0.745. The van der Waals surface area contributed by atoms with Crippen LogP contribution in [0.2, 0.25) is 5.02 Å². The molecule has 4 rings (SSSR count). The number of likely N-dealkylation sites (tertiary alicyclic amines) is 1. The van der Waals surface area contributed by atoms with Crippen molar-refractivity contribution in [1.29, 1.82) is 0 Å². The van der Waals surface area contributed by atoms with Gasteiger partial charge in [0.15, 0.2) is 0 Å². The fourth-order valence-electron chi connectivity index (χ4n) is 5.52. The maximum atomic E-state index is 14.1. The van der Waals surface area contributed by atoms with E-state index < -0.39 is 41.5 Å². The largest absolute Gasteiger partial charge is 0.466 e. The third-order valence-corrected chi connectivity index (χ3v) is 7.81. The number of amides is 2. The summed E-state index contributed by atoms with van der Waals surface area (Å²) < 4.78 is 11.6. The molecule has 3 fully saturated rings. The fraction of sp³-hybridized carbons (Fsp3) is 0.522. The average molecular weight is 542 g/mol. The third-order valence-electron chi connectivity index (χ3n) is 6.64. The van der Waals surface area contributed by atoms with Crippen molar-refractivity contribution < 1.29 is 29.0 Å². The van der Waals surface area contributed by atoms with Crippen LogP contribution in [0.15, 0.2) is 36.9 Å². The summed E-state index contributed by atoms with van der Waals surface area (Å²) in [4.78, 5) is 43.1. The lowest BCUT2D eigenvalue weighted by Gasteiger charge is -2.37. The van der Waals surface area contributed by atoms with Gasteiger partial charge in [0.25, 0.3) is 5.91 Å². The molecule has 2 amide bonds. The van der Waals surface area contributed by atoms with Gasteiger partial charge in [0.2, 0.25) is 5.91 Å². The molecule has 2 bridgehead atoms. The Labute approximate surface area is 205 Å². The van der Waals surface area contributed by atoms with E-state index in [1.807, 2.05) is 0 Å². The number of β-amino-alcohol motifs (C(OH)–C–C–N with tert-alkyl or cyclic N) is 1. The normalized spacial score (nSPS) is 32.1. The highest BCUT2D eigenvalue weighted by Gasteiger charge is 2.77. The van der Waals surface area contributed by atoms with Crippen molar-refractivity contribution in [1.82, 2.24) is 4.90 Å². The zero-order valence-electron chi connectivity index (χ0n) is 18.2. The van der Waals surface area contributed by atoms with Gasteiger partial charge in [0.1, 0.15) is 11.6 Å². The Morgan fingerprint density at radius 3 is 2.82 bits per heavy atom. The fourth-order valence-corrected chi connectivity index (χ4v) is 6.70. The Hall–Kier alpha value is -1.94. The molecule has 1 unspecified atom stereocenters. The first-order valence-electron chi connectivity index (χ1n) is 10.9. The number of nitrogens with zero attached hydrogens (tertiary/aromatic N) is 2. The van der Waals surface area contributed by atoms with E-state index in [4.69, 9.17) is 21.1 Å². The molecule has 0 aliphatic carbocycles. The summed E-state index contributed by atoms with van der Waals surface area (Å²) in [6, 6.07) is 5.88. The smallest absolute Gasteiger partial charge is 0.312 e. The molecule has 0 saturated carbocycles. The minimum absolute atomic E-state index is 0.0610. The topological polar surface area (TPSA) is 96.4 Å². The molecule has 8 nitrogen and oxygen atoms in total. The molecule has 1 aromatic carbocycles. The van der Waals surface area contributed by atoms with Gasteiger partial charge < -0.3 is 24.4 Å². The lowest BCUT2D eigenvalue weighted by molar-refractivity contribution is -0.154. The third kappa shape index (κ3) is 3.69. The minimum Gasteiger partial charge on any atom is -0.466 e. The number of carbonyl (C=O) groups is 3. The van der Waals surface area contributed by atoms with Crippen LogP contribution in [0, 0.1) is 11.8 Å². The van der Waals surface area contributed by atoms with Crippen molar-refractivity contribution in [3.63, 3.8) is 0 Å². The van der Waals surface area contributed by atoms with E-state index in [0.717, 1.165) is 0 Å². The van der Waals surface area contributed by atoms with E-state index in [2.05, 4.69) is 22.5 Å². The van der Waals surface area contributed by atoms with Gasteiger partial charge in [-0.3, -0.25) is 14.4 Å². The van der Waals surface area contributed by atoms with Crippen LogP contribution in [0.4, 0.5) is 5.69 Å². The van der Waals surface area contributed by atoms with Gasteiger partial charge >= 0.3 is 5.97 Å². The van der Waals surface area contributed by atoms with Crippen LogP contribution in [-0.4, -0.2) is 76.7 Å². The summed E-state index contributed by atoms with van der Waals surface area (Å²) in [5.74, 6) is -3.01. The number of aliphatic hydroxyl groups excluding tert-OH is 1. The van der Waals surface area contributed by atoms with E-state index in [0.29, 0.717) is 17.1 Å². The maximum Gasteiger partial charge on any atom is 0.312 e. The number of hydrogen-bond acceptors (Lipinski definition) is 6. The Morgan fingerprint density at radius 2 is 2.18 bits per heavy atom. The molecule has 10 heteroatoms. The zero-order chi connectivity index (χ0) is 23.9. The van der Waals surface area contributed by atoms with Gasteiger partial charge in [-0.25, -0.2) is 0 Å². The Balaban J connectivity index is 1.80. The molecular weight excluding hydrogens is 516 g/mol. The Morgan fingerprint density at radius 1 is 1.45 bits per heavy atom. The number of rotatable bonds is 8. The summed E-state index contributed by atoms with van der Waals surface area (Å²) >= 11 is 9.99. The molecule has 3 aliphatic rings. The molecule has 0 aromatic heterocycles. The minimum atomic E-state index is -1.22. The molecule has 1 spiro atoms. The van der Waals surface area contributed by atoms with Crippen LogP contribution < -0.4 is 4.90 Å². The number of esters is 1. The SMILES string of the molecule is C=CCN(C(=O)[C@@H]1N(CCO)C(=O)[C@H]2[C@H](C(=O)OCC)[C@H]3O[C@@]12CC3Br)c1ccccc1Cl. The van der Waals surface area contributed by atoms with Crippen molar-refractivity contribution in [2.45, 2.75) is 35.9 Å². The summed E-state index contributed by atoms with van der Waals surface area (Å²) in [6.45, 7) is 5.39. The number of aliphatic hydroxyl groups is 1. The van der Waals surface area contributed by atoms with E-state index in [1.165, 1.54) is 9.80 Å². The van der Waals surface area contributed by atoms with Crippen molar-refractivity contribution in [3.05, 3.63) is 41.9 Å². The van der Waals surface area contributed by atoms with Gasteiger partial charge in [-0.05, 0) is 25.5 Å². The molecular formula is C23H26BrClN2O6. The van der Waals surface area contributed by atoms with Gasteiger partial charge in [0, 0.05) is 17.9 Å². The van der Waals surface area contributed by atoms with Gasteiger partial charge in [-0.2, -0.15) is 0 Å². The standard InChI is InChI=1S/C23H26BrClN2O6/c1-3-9-26(15-8-6-5-7-14(15)25)21(30)19-23-12-13(24)18(33-23)16(22(31)32-4-2)17(23)20(29)27(19)10-11-28/h3,5-8,13,16-19,28H,1,4,9-12H2,2H3/t13?,16-,17+,18-,19-,23+/m0/s1. The second-order valence-corrected chi connectivity index (χ2v) is 9.94. The van der Waals surface area contributed by atoms with E-state index >= 15 is 0 Å². The molecule has 0 radical (unpaired) electrons. The van der Waals surface area contributed by atoms with E-state index in [-0.39, 0.29) is 37.0 Å². The molecule has 3 aliphatic heterocycles. The quantitative estimate of drug-likeness (QED) is 0.308. The lowest BCUT2D eigenvalue weighted by Crippen LogP contribution is -2.57. The second kappa shape index (κ2) is 9.37. The molecule has 178 valence electrons. The maximum absolute atomic E-state index is 14.1. The first-order valence-corrected chi connectivity index (χ1v) is 12.2. The summed E-state index contributed by atoms with van der Waals surface area (Å²) in [6.07, 6.45) is 1.36. The highest BCUT2D eigenvalue weighted by atomic mass is 79.9. The van der Waals surface area contributed by atoms with Crippen molar-refractivity contribution in [3.8, 4) is 0 Å². The summed E-state index contributed by atoms with van der Waals surface area (Å²) in [7, 11) is 0. The molecule has 3 saturated heterocycles. The summed E-state index contributed by atoms with van der Waals surface area (Å²) in [5, 5.41) is 10.1. The molecule has 6 atom stereocenters. The first kappa shape index (κ1) is 24.2. The molecule has 1 N–H and O–H groups in total. The van der Waals surface area contributed by atoms with E-state index in [1.54, 1.807) is 37.3 Å². The van der Waals surface area contributed by atoms with Crippen LogP contribution in [-0.2, 0) is 23.9 Å². The Bertz CT molecular complexity index is 976. The number of hydrogen-bond donors (Lipinski definition) is 1. The van der Waals surface area contributed by atoms with E-state index in [9.17, 15) is 19.5 Å². The number of para-hydroxylation sites is 1. The number of halogens is 2. The number of fused-ring (bicyclic) bond motifs is 1. The van der Waals surface area contributed by atoms with Gasteiger partial charge in [-0.1, -0.05) is 45.7 Å². The first-order chi connectivity index (χ1) is 15.8. The van der Waals surface area contributed by atoms with Crippen LogP contribution >= 0.6 is 27.5 Å². The van der Waals surface area contributed by atoms with Crippen LogP contribution in [0.3, 0.4) is 0 Å². The molecule has 3 heterocycles. The highest BCUT2D eigenvalue weighted by Crippen LogP contribution is 2.60. The van der Waals surface area contributed by atoms with Gasteiger partial charge in [-0.15, -0.1) is 6.58 Å². The average Bonchev–Trinajstić information content (AvgIpc) is 3.37. The van der Waals surface area contributed by atoms with Crippen molar-refractivity contribution in [2.24, 2.45) is 11.8 Å². The lowest BCUT2D eigenvalue weighted by atomic mass is 9.70. The van der Waals surface area contributed by atoms with Crippen LogP contribution in [0.5, 0.6) is 0 Å². The number of carbonyl (C=O) groups excluding carboxylic acids is 3. The van der Waals surface area contributed by atoms with Gasteiger partial charge in [0.05, 0.1) is 41.9 Å². The monoisotopic (exact) mass is 540 g/mol. The number of benzene rings is 1. The second-order valence-electron chi connectivity index (χ2n) is 8.36. The van der Waals surface area contributed by atoms with Crippen LogP contribution in [0.1, 0.15) is 13.3 Å². The predicted molar refractivity (Wildman–Crippen MR) is 125 cm³/mol. The number of alkyl halides is 1. The molecule has 1 aromatic rings. The molecule has 33 heavy (non-hydrogen) atoms. The van der Waals surface area contributed by atoms with Crippen LogP contribution in [0.25, 0.3) is 0 Å². The zero-order valence-corrected chi connectivity index (χ0v) is 20.5. The van der Waals surface area contributed by atoms with Crippen molar-refractivity contribution in [2.75, 3.05) is 31.2 Å².